The van der Waals surface area contributed by atoms with Gasteiger partial charge >= 0.3 is 0 Å². The molecule has 0 unspecified atom stereocenters. The lowest BCUT2D eigenvalue weighted by Gasteiger charge is -2.21. The molecule has 0 bridgehead atoms. The molecule has 0 N–H and O–H groups in total. The van der Waals surface area contributed by atoms with E-state index in [0.717, 1.165) is 77.9 Å². The molecule has 9 aromatic carbocycles. The van der Waals surface area contributed by atoms with Gasteiger partial charge in [-0.05, 0) is 44.5 Å². The highest BCUT2D eigenvalue weighted by atomic mass is 15.0. The normalized spacial score (nSPS) is 11.0. The highest BCUT2D eigenvalue weighted by Crippen LogP contribution is 2.46. The van der Waals surface area contributed by atoms with Crippen molar-refractivity contribution in [2.75, 3.05) is 0 Å². The summed E-state index contributed by atoms with van der Waals surface area (Å²) in [6.07, 6.45) is 0. The Bertz CT molecular complexity index is 3320. The summed E-state index contributed by atoms with van der Waals surface area (Å²) in [5.41, 5.74) is 13.8. The molecule has 310 valence electrons. The molecule has 11 rings (SSSR count). The summed E-state index contributed by atoms with van der Waals surface area (Å²) in [5.74, 6) is 3.55. The lowest BCUT2D eigenvalue weighted by molar-refractivity contribution is 1.07. The standard InChI is InChI=1S/C60H40N6/c1-6-21-41(22-7-1)42-37-39-43(40-38-42)48-35-20-36-50(49-31-16-18-33-52(49)59-63-55(44-23-8-2-9-24-44)61-56(64-59)45-25-10-3-11-26-45)54(48)51-32-17-19-34-53(51)60-65-57(46-27-12-4-13-28-46)62-58(66-60)47-29-14-5-15-30-47/h1-40H. The second kappa shape index (κ2) is 18.0. The average molecular weight is 845 g/mol. The monoisotopic (exact) mass is 844 g/mol. The minimum atomic E-state index is 0.573. The van der Waals surface area contributed by atoms with Gasteiger partial charge in [-0.2, -0.15) is 0 Å². The molecule has 0 aliphatic rings. The van der Waals surface area contributed by atoms with Crippen LogP contribution < -0.4 is 0 Å². The first-order chi connectivity index (χ1) is 32.7. The van der Waals surface area contributed by atoms with E-state index in [1.807, 2.05) is 133 Å². The summed E-state index contributed by atoms with van der Waals surface area (Å²) >= 11 is 0. The van der Waals surface area contributed by atoms with E-state index in [-0.39, 0.29) is 0 Å². The molecule has 6 heteroatoms. The van der Waals surface area contributed by atoms with Crippen molar-refractivity contribution < 1.29 is 0 Å². The number of rotatable bonds is 10. The van der Waals surface area contributed by atoms with Gasteiger partial charge in [-0.25, -0.2) is 29.9 Å². The third kappa shape index (κ3) is 8.07. The van der Waals surface area contributed by atoms with Crippen LogP contribution in [0.3, 0.4) is 0 Å². The second-order valence-electron chi connectivity index (χ2n) is 15.8. The van der Waals surface area contributed by atoms with Gasteiger partial charge in [0.25, 0.3) is 0 Å². The third-order valence-corrected chi connectivity index (χ3v) is 11.7. The van der Waals surface area contributed by atoms with Crippen LogP contribution in [0.25, 0.3) is 113 Å². The molecule has 0 spiro atoms. The quantitative estimate of drug-likeness (QED) is 0.136. The van der Waals surface area contributed by atoms with Gasteiger partial charge in [0.1, 0.15) is 0 Å². The van der Waals surface area contributed by atoms with Crippen molar-refractivity contribution in [2.45, 2.75) is 0 Å². The highest BCUT2D eigenvalue weighted by molar-refractivity contribution is 6.01. The van der Waals surface area contributed by atoms with Crippen molar-refractivity contribution in [1.29, 1.82) is 0 Å². The highest BCUT2D eigenvalue weighted by Gasteiger charge is 2.23. The zero-order chi connectivity index (χ0) is 44.1. The molecule has 0 amide bonds. The largest absolute Gasteiger partial charge is 0.208 e. The summed E-state index contributed by atoms with van der Waals surface area (Å²) < 4.78 is 0. The molecule has 0 radical (unpaired) electrons. The van der Waals surface area contributed by atoms with E-state index >= 15 is 0 Å². The molecule has 0 aliphatic heterocycles. The molecule has 6 nitrogen and oxygen atoms in total. The Hall–Kier alpha value is -9.00. The van der Waals surface area contributed by atoms with Crippen molar-refractivity contribution in [3.8, 4) is 113 Å². The zero-order valence-electron chi connectivity index (χ0n) is 35.8. The van der Waals surface area contributed by atoms with E-state index in [9.17, 15) is 0 Å². The van der Waals surface area contributed by atoms with Crippen molar-refractivity contribution in [2.24, 2.45) is 0 Å². The fourth-order valence-corrected chi connectivity index (χ4v) is 8.45. The van der Waals surface area contributed by atoms with Crippen molar-refractivity contribution >= 4 is 0 Å². The van der Waals surface area contributed by atoms with Gasteiger partial charge in [0.05, 0.1) is 0 Å². The van der Waals surface area contributed by atoms with Crippen LogP contribution in [0.2, 0.25) is 0 Å². The predicted molar refractivity (Wildman–Crippen MR) is 268 cm³/mol. The molecule has 0 saturated carbocycles. The predicted octanol–water partition coefficient (Wildman–Crippen LogP) is 14.7. The van der Waals surface area contributed by atoms with Gasteiger partial charge in [0.2, 0.25) is 0 Å². The molecule has 2 heterocycles. The second-order valence-corrected chi connectivity index (χ2v) is 15.8. The number of nitrogens with zero attached hydrogens (tertiary/aromatic N) is 6. The molecular formula is C60H40N6. The molecule has 0 fully saturated rings. The van der Waals surface area contributed by atoms with E-state index in [4.69, 9.17) is 29.9 Å². The van der Waals surface area contributed by atoms with Gasteiger partial charge in [-0.15, -0.1) is 0 Å². The Morgan fingerprint density at radius 1 is 0.152 bits per heavy atom. The number of aromatic nitrogens is 6. The Labute approximate surface area is 383 Å². The fourth-order valence-electron chi connectivity index (χ4n) is 8.45. The van der Waals surface area contributed by atoms with Crippen molar-refractivity contribution in [3.05, 3.63) is 243 Å². The van der Waals surface area contributed by atoms with Gasteiger partial charge in [-0.3, -0.25) is 0 Å². The van der Waals surface area contributed by atoms with Gasteiger partial charge in [0.15, 0.2) is 34.9 Å². The molecule has 11 aromatic rings. The SMILES string of the molecule is c1ccc(-c2ccc(-c3cccc(-c4ccccc4-c4nc(-c5ccccc5)nc(-c5ccccc5)n4)c3-c3ccccc3-c3nc(-c4ccccc4)nc(-c4ccccc4)n3)cc2)cc1. The number of benzene rings is 9. The van der Waals surface area contributed by atoms with Crippen LogP contribution in [-0.2, 0) is 0 Å². The van der Waals surface area contributed by atoms with Crippen molar-refractivity contribution in [1.82, 2.24) is 29.9 Å². The molecule has 0 atom stereocenters. The van der Waals surface area contributed by atoms with Gasteiger partial charge in [-0.1, -0.05) is 243 Å². The zero-order valence-corrected chi connectivity index (χ0v) is 35.8. The molecule has 0 saturated heterocycles. The van der Waals surface area contributed by atoms with Crippen LogP contribution in [0.1, 0.15) is 0 Å². The molecule has 66 heavy (non-hydrogen) atoms. The molecule has 0 aliphatic carbocycles. The lowest BCUT2D eigenvalue weighted by Crippen LogP contribution is -2.02. The maximum absolute atomic E-state index is 5.23. The average Bonchev–Trinajstić information content (AvgIpc) is 3.41. The minimum absolute atomic E-state index is 0.573. The Morgan fingerprint density at radius 2 is 0.424 bits per heavy atom. The maximum Gasteiger partial charge on any atom is 0.164 e. The number of hydrogen-bond donors (Lipinski definition) is 0. The van der Waals surface area contributed by atoms with Gasteiger partial charge < -0.3 is 0 Å². The molecular weight excluding hydrogens is 805 g/mol. The third-order valence-electron chi connectivity index (χ3n) is 11.7. The topological polar surface area (TPSA) is 77.3 Å². The summed E-state index contributed by atoms with van der Waals surface area (Å²) in [6.45, 7) is 0. The van der Waals surface area contributed by atoms with E-state index in [1.54, 1.807) is 0 Å². The van der Waals surface area contributed by atoms with Gasteiger partial charge in [0, 0.05) is 33.4 Å². The maximum atomic E-state index is 5.23. The summed E-state index contributed by atoms with van der Waals surface area (Å²) in [6, 6.07) is 83.1. The van der Waals surface area contributed by atoms with Crippen LogP contribution >= 0.6 is 0 Å². The van der Waals surface area contributed by atoms with Crippen LogP contribution in [0.15, 0.2) is 243 Å². The first kappa shape index (κ1) is 39.8. The summed E-state index contributed by atoms with van der Waals surface area (Å²) in [4.78, 5) is 30.9. The first-order valence-electron chi connectivity index (χ1n) is 22.0. The van der Waals surface area contributed by atoms with Crippen LogP contribution in [0.4, 0.5) is 0 Å². The van der Waals surface area contributed by atoms with E-state index in [0.29, 0.717) is 34.9 Å². The summed E-state index contributed by atoms with van der Waals surface area (Å²) in [7, 11) is 0. The Balaban J connectivity index is 1.16. The summed E-state index contributed by atoms with van der Waals surface area (Å²) in [5, 5.41) is 0. The van der Waals surface area contributed by atoms with Crippen LogP contribution in [0, 0.1) is 0 Å². The first-order valence-corrected chi connectivity index (χ1v) is 22.0. The van der Waals surface area contributed by atoms with Crippen LogP contribution in [0.5, 0.6) is 0 Å². The van der Waals surface area contributed by atoms with Crippen molar-refractivity contribution in [3.63, 3.8) is 0 Å². The smallest absolute Gasteiger partial charge is 0.164 e. The van der Waals surface area contributed by atoms with Crippen LogP contribution in [-0.4, -0.2) is 29.9 Å². The molecule has 2 aromatic heterocycles. The van der Waals surface area contributed by atoms with E-state index in [2.05, 4.69) is 109 Å². The lowest BCUT2D eigenvalue weighted by atomic mass is 9.84. The Kier molecular flexibility index (Phi) is 10.9. The minimum Gasteiger partial charge on any atom is -0.208 e. The Morgan fingerprint density at radius 3 is 0.848 bits per heavy atom. The fraction of sp³-hybridized carbons (Fsp3) is 0. The van der Waals surface area contributed by atoms with E-state index < -0.39 is 0 Å². The van der Waals surface area contributed by atoms with E-state index in [1.165, 1.54) is 0 Å². The number of hydrogen-bond acceptors (Lipinski definition) is 6.